The van der Waals surface area contributed by atoms with Gasteiger partial charge in [-0.2, -0.15) is 0 Å². The normalized spacial score (nSPS) is 13.1. The monoisotopic (exact) mass is 202 g/mol. The smallest absolute Gasteiger partial charge is 0.0780 e. The molecule has 0 amide bonds. The highest BCUT2D eigenvalue weighted by atomic mass is 16.5. The average Bonchev–Trinajstić information content (AvgIpc) is 2.18. The van der Waals surface area contributed by atoms with Gasteiger partial charge in [0.05, 0.1) is 12.7 Å². The first-order chi connectivity index (χ1) is 6.81. The lowest BCUT2D eigenvalue weighted by atomic mass is 10.2. The van der Waals surface area contributed by atoms with Gasteiger partial charge >= 0.3 is 0 Å². The first-order valence-electron chi connectivity index (χ1n) is 6.00. The van der Waals surface area contributed by atoms with E-state index < -0.39 is 0 Å². The molecule has 86 valence electrons. The molecule has 0 aliphatic heterocycles. The van der Waals surface area contributed by atoms with Crippen LogP contribution >= 0.6 is 0 Å². The zero-order valence-electron chi connectivity index (χ0n) is 10.1. The Hall–Kier alpha value is -0.0800. The van der Waals surface area contributed by atoms with Gasteiger partial charge in [-0.05, 0) is 19.8 Å². The molecule has 0 rings (SSSR count). The standard InChI is InChI=1S/C12H26O2/c1-4-6-7-8-10-14-12(3)11-13-9-5-2/h12H,4-11H2,1-3H3. The van der Waals surface area contributed by atoms with Gasteiger partial charge in [0.1, 0.15) is 0 Å². The van der Waals surface area contributed by atoms with E-state index in [1.54, 1.807) is 0 Å². The second kappa shape index (κ2) is 11.0. The molecule has 1 unspecified atom stereocenters. The lowest BCUT2D eigenvalue weighted by molar-refractivity contribution is -0.00765. The minimum absolute atomic E-state index is 0.253. The van der Waals surface area contributed by atoms with E-state index in [0.717, 1.165) is 26.2 Å². The Morgan fingerprint density at radius 3 is 2.36 bits per heavy atom. The van der Waals surface area contributed by atoms with Gasteiger partial charge in [-0.25, -0.2) is 0 Å². The largest absolute Gasteiger partial charge is 0.379 e. The lowest BCUT2D eigenvalue weighted by Gasteiger charge is -2.12. The van der Waals surface area contributed by atoms with Crippen molar-refractivity contribution in [2.45, 2.75) is 59.0 Å². The highest BCUT2D eigenvalue weighted by Crippen LogP contribution is 2.01. The molecular weight excluding hydrogens is 176 g/mol. The number of hydrogen-bond acceptors (Lipinski definition) is 2. The van der Waals surface area contributed by atoms with Crippen LogP contribution in [0.25, 0.3) is 0 Å². The zero-order valence-corrected chi connectivity index (χ0v) is 10.1. The van der Waals surface area contributed by atoms with Crippen molar-refractivity contribution in [2.75, 3.05) is 19.8 Å². The van der Waals surface area contributed by atoms with Gasteiger partial charge in [0, 0.05) is 13.2 Å². The summed E-state index contributed by atoms with van der Waals surface area (Å²) in [6.45, 7) is 8.90. The number of hydrogen-bond donors (Lipinski definition) is 0. The van der Waals surface area contributed by atoms with Crippen LogP contribution in [0.4, 0.5) is 0 Å². The average molecular weight is 202 g/mol. The molecule has 0 heterocycles. The van der Waals surface area contributed by atoms with Crippen LogP contribution in [0.1, 0.15) is 52.9 Å². The molecule has 0 fully saturated rings. The molecule has 0 aliphatic rings. The molecule has 14 heavy (non-hydrogen) atoms. The Balaban J connectivity index is 3.06. The highest BCUT2D eigenvalue weighted by molar-refractivity contribution is 4.48. The first kappa shape index (κ1) is 13.9. The topological polar surface area (TPSA) is 18.5 Å². The van der Waals surface area contributed by atoms with Crippen molar-refractivity contribution in [3.63, 3.8) is 0 Å². The minimum atomic E-state index is 0.253. The molecule has 0 bridgehead atoms. The van der Waals surface area contributed by atoms with Crippen molar-refractivity contribution in [1.82, 2.24) is 0 Å². The van der Waals surface area contributed by atoms with Crippen molar-refractivity contribution in [1.29, 1.82) is 0 Å². The molecule has 0 aliphatic carbocycles. The Labute approximate surface area is 89.0 Å². The van der Waals surface area contributed by atoms with Crippen molar-refractivity contribution in [3.8, 4) is 0 Å². The van der Waals surface area contributed by atoms with Gasteiger partial charge in [0.25, 0.3) is 0 Å². The van der Waals surface area contributed by atoms with E-state index in [-0.39, 0.29) is 6.10 Å². The van der Waals surface area contributed by atoms with Gasteiger partial charge in [0.15, 0.2) is 0 Å². The highest BCUT2D eigenvalue weighted by Gasteiger charge is 2.00. The molecule has 0 spiro atoms. The van der Waals surface area contributed by atoms with Crippen molar-refractivity contribution in [2.24, 2.45) is 0 Å². The summed E-state index contributed by atoms with van der Waals surface area (Å²) < 4.78 is 11.0. The maximum Gasteiger partial charge on any atom is 0.0780 e. The van der Waals surface area contributed by atoms with Crippen LogP contribution in [0.2, 0.25) is 0 Å². The molecule has 0 aromatic heterocycles. The Morgan fingerprint density at radius 2 is 1.71 bits per heavy atom. The van der Waals surface area contributed by atoms with Gasteiger partial charge in [-0.15, -0.1) is 0 Å². The molecule has 2 heteroatoms. The predicted molar refractivity (Wildman–Crippen MR) is 60.7 cm³/mol. The molecular formula is C12H26O2. The second-order valence-corrected chi connectivity index (χ2v) is 3.82. The third-order valence-electron chi connectivity index (χ3n) is 2.10. The van der Waals surface area contributed by atoms with E-state index in [4.69, 9.17) is 9.47 Å². The molecule has 0 N–H and O–H groups in total. The van der Waals surface area contributed by atoms with E-state index in [1.165, 1.54) is 25.7 Å². The van der Waals surface area contributed by atoms with Crippen molar-refractivity contribution >= 4 is 0 Å². The maximum atomic E-state index is 5.61. The quantitative estimate of drug-likeness (QED) is 0.505. The summed E-state index contributed by atoms with van der Waals surface area (Å²) in [5.41, 5.74) is 0. The fourth-order valence-corrected chi connectivity index (χ4v) is 1.26. The SMILES string of the molecule is CCCCCCOC(C)COCCC. The first-order valence-corrected chi connectivity index (χ1v) is 6.00. The third kappa shape index (κ3) is 10.0. The van der Waals surface area contributed by atoms with E-state index in [1.807, 2.05) is 0 Å². The van der Waals surface area contributed by atoms with E-state index in [2.05, 4.69) is 20.8 Å². The van der Waals surface area contributed by atoms with Gasteiger partial charge < -0.3 is 9.47 Å². The molecule has 0 aromatic carbocycles. The fourth-order valence-electron chi connectivity index (χ4n) is 1.26. The van der Waals surface area contributed by atoms with Crippen LogP contribution in [-0.2, 0) is 9.47 Å². The summed E-state index contributed by atoms with van der Waals surface area (Å²) in [4.78, 5) is 0. The predicted octanol–water partition coefficient (Wildman–Crippen LogP) is 3.40. The lowest BCUT2D eigenvalue weighted by Crippen LogP contribution is -2.16. The molecule has 1 atom stereocenters. The molecule has 2 nitrogen and oxygen atoms in total. The molecule has 0 saturated carbocycles. The second-order valence-electron chi connectivity index (χ2n) is 3.82. The minimum Gasteiger partial charge on any atom is -0.379 e. The van der Waals surface area contributed by atoms with Crippen LogP contribution in [-0.4, -0.2) is 25.9 Å². The number of unbranched alkanes of at least 4 members (excludes halogenated alkanes) is 3. The third-order valence-corrected chi connectivity index (χ3v) is 2.10. The summed E-state index contributed by atoms with van der Waals surface area (Å²) in [7, 11) is 0. The maximum absolute atomic E-state index is 5.61. The Kier molecular flexibility index (Phi) is 10.9. The summed E-state index contributed by atoms with van der Waals surface area (Å²) in [5, 5.41) is 0. The number of rotatable bonds is 10. The van der Waals surface area contributed by atoms with E-state index in [0.29, 0.717) is 0 Å². The van der Waals surface area contributed by atoms with Crippen LogP contribution in [0.3, 0.4) is 0 Å². The van der Waals surface area contributed by atoms with Gasteiger partial charge in [-0.3, -0.25) is 0 Å². The van der Waals surface area contributed by atoms with Crippen molar-refractivity contribution < 1.29 is 9.47 Å². The molecule has 0 aromatic rings. The van der Waals surface area contributed by atoms with Gasteiger partial charge in [-0.1, -0.05) is 33.1 Å². The van der Waals surface area contributed by atoms with E-state index >= 15 is 0 Å². The molecule has 0 radical (unpaired) electrons. The van der Waals surface area contributed by atoms with Crippen LogP contribution in [0.15, 0.2) is 0 Å². The zero-order chi connectivity index (χ0) is 10.6. The summed E-state index contributed by atoms with van der Waals surface area (Å²) in [6.07, 6.45) is 6.43. The Morgan fingerprint density at radius 1 is 0.929 bits per heavy atom. The fraction of sp³-hybridized carbons (Fsp3) is 1.00. The number of ether oxygens (including phenoxy) is 2. The van der Waals surface area contributed by atoms with Crippen LogP contribution in [0.5, 0.6) is 0 Å². The van der Waals surface area contributed by atoms with Crippen molar-refractivity contribution in [3.05, 3.63) is 0 Å². The summed E-state index contributed by atoms with van der Waals surface area (Å²) in [6, 6.07) is 0. The van der Waals surface area contributed by atoms with Crippen LogP contribution in [0, 0.1) is 0 Å². The summed E-state index contributed by atoms with van der Waals surface area (Å²) in [5.74, 6) is 0. The van der Waals surface area contributed by atoms with Gasteiger partial charge in [0.2, 0.25) is 0 Å². The molecule has 0 saturated heterocycles. The van der Waals surface area contributed by atoms with E-state index in [9.17, 15) is 0 Å². The Bertz CT molecular complexity index is 104. The van der Waals surface area contributed by atoms with Crippen LogP contribution < -0.4 is 0 Å². The summed E-state index contributed by atoms with van der Waals surface area (Å²) >= 11 is 0.